The second kappa shape index (κ2) is 7.55. The number of hydrogen-bond donors (Lipinski definition) is 1. The summed E-state index contributed by atoms with van der Waals surface area (Å²) in [5.41, 5.74) is 2.37. The van der Waals surface area contributed by atoms with Crippen molar-refractivity contribution in [3.63, 3.8) is 0 Å². The van der Waals surface area contributed by atoms with Gasteiger partial charge in [-0.25, -0.2) is 0 Å². The summed E-state index contributed by atoms with van der Waals surface area (Å²) >= 11 is 0. The Morgan fingerprint density at radius 2 is 1.78 bits per heavy atom. The topological polar surface area (TPSA) is 70.2 Å². The molecule has 2 aromatic carbocycles. The van der Waals surface area contributed by atoms with Gasteiger partial charge < -0.3 is 5.11 Å². The zero-order valence-electron chi connectivity index (χ0n) is 19.0. The minimum atomic E-state index is -0.426. The number of aromatic nitrogens is 1. The van der Waals surface area contributed by atoms with Crippen molar-refractivity contribution in [1.82, 2.24) is 9.47 Å². The van der Waals surface area contributed by atoms with Gasteiger partial charge in [0, 0.05) is 23.5 Å². The van der Waals surface area contributed by atoms with Crippen LogP contribution in [0.1, 0.15) is 50.4 Å². The Balaban J connectivity index is 1.47. The Kier molecular flexibility index (Phi) is 4.93. The molecule has 3 aromatic rings. The van der Waals surface area contributed by atoms with E-state index in [1.165, 1.54) is 19.3 Å². The number of aromatic hydroxyl groups is 1. The van der Waals surface area contributed by atoms with E-state index < -0.39 is 5.91 Å². The zero-order chi connectivity index (χ0) is 22.5. The lowest BCUT2D eigenvalue weighted by Crippen LogP contribution is -2.35. The number of carbonyl (C=O) groups is 1. The van der Waals surface area contributed by atoms with E-state index in [0.717, 1.165) is 17.4 Å². The first-order valence-corrected chi connectivity index (χ1v) is 11.3. The average Bonchev–Trinajstić information content (AvgIpc) is 3.15. The third kappa shape index (κ3) is 3.73. The number of likely N-dealkylation sites (tertiary alicyclic amines) is 1. The highest BCUT2D eigenvalue weighted by Crippen LogP contribution is 2.53. The smallest absolute Gasteiger partial charge is 0.295 e. The molecule has 5 rings (SSSR count). The molecule has 1 saturated heterocycles. The lowest BCUT2D eigenvalue weighted by atomic mass is 9.65. The van der Waals surface area contributed by atoms with Crippen LogP contribution in [0.5, 0.6) is 5.88 Å². The number of fused-ring (bicyclic) bond motifs is 3. The van der Waals surface area contributed by atoms with Crippen LogP contribution in [0.25, 0.3) is 10.9 Å². The molecule has 1 saturated carbocycles. The second-order valence-electron chi connectivity index (χ2n) is 10.6. The van der Waals surface area contributed by atoms with Crippen molar-refractivity contribution in [1.29, 1.82) is 0 Å². The molecule has 6 nitrogen and oxygen atoms in total. The third-order valence-corrected chi connectivity index (χ3v) is 7.03. The number of hydrogen-bond acceptors (Lipinski definition) is 4. The van der Waals surface area contributed by atoms with Gasteiger partial charge in [0.1, 0.15) is 0 Å². The summed E-state index contributed by atoms with van der Waals surface area (Å²) < 4.78 is 1.91. The van der Waals surface area contributed by atoms with E-state index in [1.807, 2.05) is 34.9 Å². The summed E-state index contributed by atoms with van der Waals surface area (Å²) in [6, 6.07) is 17.1. The summed E-state index contributed by atoms with van der Waals surface area (Å²) in [4.78, 5) is 14.9. The molecule has 6 heteroatoms. The maximum atomic E-state index is 12.4. The first kappa shape index (κ1) is 20.9. The van der Waals surface area contributed by atoms with Crippen LogP contribution < -0.4 is 0 Å². The molecule has 32 heavy (non-hydrogen) atoms. The van der Waals surface area contributed by atoms with E-state index in [9.17, 15) is 9.90 Å². The molecule has 2 fully saturated rings. The number of azo groups is 1. The van der Waals surface area contributed by atoms with Crippen molar-refractivity contribution in [2.45, 2.75) is 52.7 Å². The van der Waals surface area contributed by atoms with Crippen LogP contribution in [0.2, 0.25) is 0 Å². The maximum Gasteiger partial charge on any atom is 0.295 e. The SMILES string of the molecule is CC1(C)C[C@H]2C[C@@](C)(CN2Cn2c(O)c(N=NC(=O)c3ccccc3)c3ccccc32)C1. The van der Waals surface area contributed by atoms with E-state index >= 15 is 0 Å². The van der Waals surface area contributed by atoms with Crippen molar-refractivity contribution >= 4 is 22.5 Å². The van der Waals surface area contributed by atoms with Crippen LogP contribution in [0, 0.1) is 10.8 Å². The Bertz CT molecular complexity index is 1200. The van der Waals surface area contributed by atoms with Crippen molar-refractivity contribution in [2.24, 2.45) is 21.1 Å². The summed E-state index contributed by atoms with van der Waals surface area (Å²) in [5, 5.41) is 20.0. The van der Waals surface area contributed by atoms with Gasteiger partial charge in [-0.05, 0) is 48.3 Å². The van der Waals surface area contributed by atoms with Crippen molar-refractivity contribution < 1.29 is 9.90 Å². The Morgan fingerprint density at radius 1 is 1.06 bits per heavy atom. The largest absolute Gasteiger partial charge is 0.493 e. The highest BCUT2D eigenvalue weighted by molar-refractivity contribution is 5.97. The number of rotatable bonds is 4. The van der Waals surface area contributed by atoms with Gasteiger partial charge in [-0.2, -0.15) is 0 Å². The van der Waals surface area contributed by atoms with Crippen LogP contribution in [0.15, 0.2) is 64.8 Å². The summed E-state index contributed by atoms with van der Waals surface area (Å²) in [7, 11) is 0. The molecule has 1 aromatic heterocycles. The van der Waals surface area contributed by atoms with Crippen LogP contribution in [-0.4, -0.2) is 33.1 Å². The predicted octanol–water partition coefficient (Wildman–Crippen LogP) is 6.13. The molecule has 1 amide bonds. The summed E-state index contributed by atoms with van der Waals surface area (Å²) in [6.07, 6.45) is 3.60. The molecule has 0 spiro atoms. The van der Waals surface area contributed by atoms with Gasteiger partial charge in [-0.15, -0.1) is 10.2 Å². The number of amides is 1. The fourth-order valence-corrected chi connectivity index (χ4v) is 6.17. The molecule has 0 radical (unpaired) electrons. The van der Waals surface area contributed by atoms with E-state index in [2.05, 4.69) is 35.9 Å². The Labute approximate surface area is 188 Å². The molecular formula is C26H30N4O2. The molecule has 2 bridgehead atoms. The second-order valence-corrected chi connectivity index (χ2v) is 10.6. The fourth-order valence-electron chi connectivity index (χ4n) is 6.17. The minimum Gasteiger partial charge on any atom is -0.493 e. The minimum absolute atomic E-state index is 0.0571. The fraction of sp³-hybridized carbons (Fsp3) is 0.423. The first-order valence-electron chi connectivity index (χ1n) is 11.3. The highest BCUT2D eigenvalue weighted by Gasteiger charge is 2.49. The molecule has 2 heterocycles. The zero-order valence-corrected chi connectivity index (χ0v) is 19.0. The van der Waals surface area contributed by atoms with Gasteiger partial charge in [0.15, 0.2) is 5.69 Å². The van der Waals surface area contributed by atoms with E-state index in [-0.39, 0.29) is 5.88 Å². The monoisotopic (exact) mass is 430 g/mol. The lowest BCUT2D eigenvalue weighted by Gasteiger charge is -2.40. The number of carbonyl (C=O) groups excluding carboxylic acids is 1. The summed E-state index contributed by atoms with van der Waals surface area (Å²) in [5.74, 6) is -0.369. The van der Waals surface area contributed by atoms with Gasteiger partial charge in [0.25, 0.3) is 5.91 Å². The van der Waals surface area contributed by atoms with Crippen molar-refractivity contribution in [2.75, 3.05) is 6.54 Å². The van der Waals surface area contributed by atoms with Crippen molar-refractivity contribution in [3.8, 4) is 5.88 Å². The molecule has 0 unspecified atom stereocenters. The molecule has 1 aliphatic heterocycles. The number of para-hydroxylation sites is 1. The molecule has 2 atom stereocenters. The first-order chi connectivity index (χ1) is 15.2. The van der Waals surface area contributed by atoms with Gasteiger partial charge in [-0.1, -0.05) is 57.2 Å². The number of benzene rings is 2. The average molecular weight is 431 g/mol. The molecule has 166 valence electrons. The molecule has 1 aliphatic carbocycles. The van der Waals surface area contributed by atoms with E-state index in [0.29, 0.717) is 34.8 Å². The van der Waals surface area contributed by atoms with Gasteiger partial charge in [0.2, 0.25) is 5.88 Å². The van der Waals surface area contributed by atoms with E-state index in [1.54, 1.807) is 24.3 Å². The molecule has 1 N–H and O–H groups in total. The standard InChI is InChI=1S/C26H30N4O2/c1-25(2)13-19-14-26(3,15-25)16-29(19)17-30-21-12-8-7-11-20(21)22(24(30)32)27-28-23(31)18-9-5-4-6-10-18/h4-12,19,32H,13-17H2,1-3H3/t19-,26+/m0/s1. The van der Waals surface area contributed by atoms with Crippen molar-refractivity contribution in [3.05, 3.63) is 60.2 Å². The quantitative estimate of drug-likeness (QED) is 0.506. The Morgan fingerprint density at radius 3 is 2.56 bits per heavy atom. The Hall–Kier alpha value is -2.99. The van der Waals surface area contributed by atoms with Gasteiger partial charge >= 0.3 is 0 Å². The van der Waals surface area contributed by atoms with E-state index in [4.69, 9.17) is 0 Å². The van der Waals surface area contributed by atoms with Gasteiger partial charge in [0.05, 0.1) is 12.2 Å². The normalized spacial score (nSPS) is 25.0. The lowest BCUT2D eigenvalue weighted by molar-refractivity contribution is 0.0995. The highest BCUT2D eigenvalue weighted by atomic mass is 16.3. The van der Waals surface area contributed by atoms with Crippen LogP contribution in [-0.2, 0) is 6.67 Å². The van der Waals surface area contributed by atoms with Gasteiger partial charge in [-0.3, -0.25) is 14.3 Å². The molecular weight excluding hydrogens is 400 g/mol. The number of nitrogens with zero attached hydrogens (tertiary/aromatic N) is 4. The molecule has 2 aliphatic rings. The van der Waals surface area contributed by atoms with Crippen LogP contribution in [0.4, 0.5) is 5.69 Å². The maximum absolute atomic E-state index is 12.4. The predicted molar refractivity (Wildman–Crippen MR) is 125 cm³/mol. The van der Waals surface area contributed by atoms with Crippen LogP contribution in [0.3, 0.4) is 0 Å². The summed E-state index contributed by atoms with van der Waals surface area (Å²) in [6.45, 7) is 8.75. The third-order valence-electron chi connectivity index (χ3n) is 7.03. The van der Waals surface area contributed by atoms with Crippen LogP contribution >= 0.6 is 0 Å².